The summed E-state index contributed by atoms with van der Waals surface area (Å²) in [6.45, 7) is 6.21. The highest BCUT2D eigenvalue weighted by Gasteiger charge is 2.04. The van der Waals surface area contributed by atoms with Crippen molar-refractivity contribution in [2.75, 3.05) is 26.7 Å². The van der Waals surface area contributed by atoms with Crippen LogP contribution in [0.4, 0.5) is 0 Å². The van der Waals surface area contributed by atoms with Crippen molar-refractivity contribution >= 4 is 29.9 Å². The molecule has 26 heavy (non-hydrogen) atoms. The third-order valence-electron chi connectivity index (χ3n) is 3.80. The number of nitrogens with zero attached hydrogens (tertiary/aromatic N) is 3. The van der Waals surface area contributed by atoms with E-state index in [2.05, 4.69) is 44.2 Å². The van der Waals surface area contributed by atoms with Crippen molar-refractivity contribution in [3.05, 3.63) is 54.6 Å². The van der Waals surface area contributed by atoms with Crippen LogP contribution in [0.3, 0.4) is 0 Å². The fourth-order valence-electron chi connectivity index (χ4n) is 2.39. The number of nitrogens with one attached hydrogen (secondary N) is 2. The summed E-state index contributed by atoms with van der Waals surface area (Å²) in [7, 11) is 1.79. The van der Waals surface area contributed by atoms with Gasteiger partial charge in [0.2, 0.25) is 0 Å². The van der Waals surface area contributed by atoms with Crippen LogP contribution in [-0.4, -0.2) is 42.3 Å². The maximum Gasteiger partial charge on any atom is 0.190 e. The number of aryl methyl sites for hydroxylation is 1. The van der Waals surface area contributed by atoms with Gasteiger partial charge in [0.1, 0.15) is 0 Å². The second kappa shape index (κ2) is 13.6. The molecule has 1 aromatic carbocycles. The quantitative estimate of drug-likeness (QED) is 0.242. The van der Waals surface area contributed by atoms with Crippen LogP contribution in [-0.2, 0) is 17.9 Å². The Hall–Kier alpha value is -1.61. The van der Waals surface area contributed by atoms with E-state index >= 15 is 0 Å². The third kappa shape index (κ3) is 9.19. The van der Waals surface area contributed by atoms with Crippen LogP contribution in [0.2, 0.25) is 0 Å². The summed E-state index contributed by atoms with van der Waals surface area (Å²) in [5.41, 5.74) is 1.21. The molecule has 0 aliphatic heterocycles. The zero-order valence-electron chi connectivity index (χ0n) is 15.6. The van der Waals surface area contributed by atoms with Gasteiger partial charge in [0, 0.05) is 39.1 Å². The van der Waals surface area contributed by atoms with Gasteiger partial charge in [-0.25, -0.2) is 4.98 Å². The summed E-state index contributed by atoms with van der Waals surface area (Å²) in [6, 6.07) is 10.2. The summed E-state index contributed by atoms with van der Waals surface area (Å²) in [4.78, 5) is 8.30. The molecule has 0 aliphatic rings. The molecule has 2 rings (SSSR count). The molecule has 0 radical (unpaired) electrons. The third-order valence-corrected chi connectivity index (χ3v) is 3.80. The number of halogens is 1. The van der Waals surface area contributed by atoms with Gasteiger partial charge >= 0.3 is 0 Å². The molecule has 144 valence electrons. The molecule has 1 atom stereocenters. The first-order valence-electron chi connectivity index (χ1n) is 8.80. The fraction of sp³-hybridized carbons (Fsp3) is 0.474. The van der Waals surface area contributed by atoms with Gasteiger partial charge in [-0.15, -0.1) is 24.0 Å². The molecule has 0 spiro atoms. The van der Waals surface area contributed by atoms with E-state index in [0.29, 0.717) is 12.5 Å². The number of benzene rings is 1. The first-order chi connectivity index (χ1) is 12.3. The van der Waals surface area contributed by atoms with Crippen LogP contribution >= 0.6 is 24.0 Å². The molecule has 0 fully saturated rings. The SMILES string of the molecule is CN=C(NCCCn1ccnc1)NCC(C)COCc1ccccc1.I. The van der Waals surface area contributed by atoms with E-state index in [1.54, 1.807) is 13.2 Å². The lowest BCUT2D eigenvalue weighted by atomic mass is 10.2. The average Bonchev–Trinajstić information content (AvgIpc) is 3.15. The molecule has 0 saturated heterocycles. The Morgan fingerprint density at radius 1 is 1.27 bits per heavy atom. The van der Waals surface area contributed by atoms with Crippen molar-refractivity contribution in [3.8, 4) is 0 Å². The van der Waals surface area contributed by atoms with Crippen molar-refractivity contribution in [2.45, 2.75) is 26.5 Å². The minimum absolute atomic E-state index is 0. The summed E-state index contributed by atoms with van der Waals surface area (Å²) < 4.78 is 7.85. The second-order valence-electron chi connectivity index (χ2n) is 6.14. The number of aromatic nitrogens is 2. The normalized spacial score (nSPS) is 12.3. The fourth-order valence-corrected chi connectivity index (χ4v) is 2.39. The molecular formula is C19H30IN5O. The molecule has 1 aromatic heterocycles. The van der Waals surface area contributed by atoms with Gasteiger partial charge in [0.05, 0.1) is 19.5 Å². The van der Waals surface area contributed by atoms with E-state index in [1.165, 1.54) is 5.56 Å². The second-order valence-corrected chi connectivity index (χ2v) is 6.14. The summed E-state index contributed by atoms with van der Waals surface area (Å²) in [6.07, 6.45) is 6.64. The predicted molar refractivity (Wildman–Crippen MR) is 117 cm³/mol. The Morgan fingerprint density at radius 3 is 2.77 bits per heavy atom. The number of rotatable bonds is 10. The zero-order chi connectivity index (χ0) is 17.7. The lowest BCUT2D eigenvalue weighted by molar-refractivity contribution is 0.0931. The van der Waals surface area contributed by atoms with Gasteiger partial charge in [-0.2, -0.15) is 0 Å². The van der Waals surface area contributed by atoms with Gasteiger partial charge in [-0.05, 0) is 17.9 Å². The molecule has 2 aromatic rings. The Morgan fingerprint density at radius 2 is 2.08 bits per heavy atom. The van der Waals surface area contributed by atoms with E-state index in [1.807, 2.05) is 30.7 Å². The van der Waals surface area contributed by atoms with Gasteiger partial charge in [-0.1, -0.05) is 37.3 Å². The van der Waals surface area contributed by atoms with E-state index in [-0.39, 0.29) is 24.0 Å². The molecule has 6 nitrogen and oxygen atoms in total. The van der Waals surface area contributed by atoms with Crippen molar-refractivity contribution in [3.63, 3.8) is 0 Å². The Bertz CT molecular complexity index is 604. The van der Waals surface area contributed by atoms with Crippen LogP contribution in [0.1, 0.15) is 18.9 Å². The monoisotopic (exact) mass is 471 g/mol. The van der Waals surface area contributed by atoms with Gasteiger partial charge in [0.15, 0.2) is 5.96 Å². The van der Waals surface area contributed by atoms with Crippen molar-refractivity contribution in [2.24, 2.45) is 10.9 Å². The minimum Gasteiger partial charge on any atom is -0.376 e. The maximum absolute atomic E-state index is 5.78. The van der Waals surface area contributed by atoms with E-state index in [9.17, 15) is 0 Å². The van der Waals surface area contributed by atoms with E-state index in [4.69, 9.17) is 4.74 Å². The smallest absolute Gasteiger partial charge is 0.190 e. The van der Waals surface area contributed by atoms with Gasteiger partial charge in [-0.3, -0.25) is 4.99 Å². The molecule has 1 unspecified atom stereocenters. The number of hydrogen-bond donors (Lipinski definition) is 2. The van der Waals surface area contributed by atoms with Crippen molar-refractivity contribution in [1.82, 2.24) is 20.2 Å². The van der Waals surface area contributed by atoms with Gasteiger partial charge < -0.3 is 19.9 Å². The Balaban J connectivity index is 0.00000338. The topological polar surface area (TPSA) is 63.5 Å². The highest BCUT2D eigenvalue weighted by atomic mass is 127. The van der Waals surface area contributed by atoms with Crippen LogP contribution < -0.4 is 10.6 Å². The van der Waals surface area contributed by atoms with Crippen LogP contribution in [0.15, 0.2) is 54.0 Å². The molecule has 1 heterocycles. The largest absolute Gasteiger partial charge is 0.376 e. The first kappa shape index (κ1) is 22.4. The van der Waals surface area contributed by atoms with Crippen molar-refractivity contribution < 1.29 is 4.74 Å². The Kier molecular flexibility index (Phi) is 11.7. The molecular weight excluding hydrogens is 441 g/mol. The average molecular weight is 471 g/mol. The van der Waals surface area contributed by atoms with E-state index in [0.717, 1.165) is 38.6 Å². The molecule has 0 aliphatic carbocycles. The predicted octanol–water partition coefficient (Wildman–Crippen LogP) is 2.91. The van der Waals surface area contributed by atoms with Crippen LogP contribution in [0.5, 0.6) is 0 Å². The molecule has 2 N–H and O–H groups in total. The highest BCUT2D eigenvalue weighted by molar-refractivity contribution is 14.0. The number of ether oxygens (including phenoxy) is 1. The minimum atomic E-state index is 0. The number of hydrogen-bond acceptors (Lipinski definition) is 3. The van der Waals surface area contributed by atoms with E-state index < -0.39 is 0 Å². The standard InChI is InChI=1S/C19H29N5O.HI/c1-17(14-25-15-18-7-4-3-5-8-18)13-23-19(20-2)22-9-6-11-24-12-10-21-16-24;/h3-5,7-8,10,12,16-17H,6,9,11,13-15H2,1-2H3,(H2,20,22,23);1H. The van der Waals surface area contributed by atoms with Crippen LogP contribution in [0, 0.1) is 5.92 Å². The summed E-state index contributed by atoms with van der Waals surface area (Å²) in [5.74, 6) is 1.24. The number of imidazole rings is 1. The highest BCUT2D eigenvalue weighted by Crippen LogP contribution is 2.02. The lowest BCUT2D eigenvalue weighted by Gasteiger charge is -2.16. The summed E-state index contributed by atoms with van der Waals surface area (Å²) in [5, 5.41) is 6.68. The molecule has 0 bridgehead atoms. The number of aliphatic imine (C=N–C) groups is 1. The first-order valence-corrected chi connectivity index (χ1v) is 8.80. The molecule has 0 amide bonds. The molecule has 7 heteroatoms. The number of guanidine groups is 1. The van der Waals surface area contributed by atoms with Crippen LogP contribution in [0.25, 0.3) is 0 Å². The maximum atomic E-state index is 5.78. The van der Waals surface area contributed by atoms with Crippen molar-refractivity contribution in [1.29, 1.82) is 0 Å². The zero-order valence-corrected chi connectivity index (χ0v) is 17.9. The summed E-state index contributed by atoms with van der Waals surface area (Å²) >= 11 is 0. The molecule has 0 saturated carbocycles. The van der Waals surface area contributed by atoms with Gasteiger partial charge in [0.25, 0.3) is 0 Å². The Labute approximate surface area is 173 Å². The lowest BCUT2D eigenvalue weighted by Crippen LogP contribution is -2.40.